The molecule has 1 aliphatic carbocycles. The highest BCUT2D eigenvalue weighted by Crippen LogP contribution is 2.35. The minimum absolute atomic E-state index is 0.0991. The molecule has 4 aromatic rings. The number of hydrogen-bond donors (Lipinski definition) is 3. The van der Waals surface area contributed by atoms with E-state index in [1.807, 2.05) is 44.3 Å². The van der Waals surface area contributed by atoms with Crippen molar-refractivity contribution < 1.29 is 14.3 Å². The van der Waals surface area contributed by atoms with Crippen LogP contribution in [0, 0.1) is 29.6 Å². The summed E-state index contributed by atoms with van der Waals surface area (Å²) in [6, 6.07) is 15.6. The number of hydrogen-bond acceptors (Lipinski definition) is 5. The van der Waals surface area contributed by atoms with Crippen molar-refractivity contribution in [1.82, 2.24) is 30.2 Å². The lowest BCUT2D eigenvalue weighted by Crippen LogP contribution is -2.51. The van der Waals surface area contributed by atoms with Gasteiger partial charge in [0.15, 0.2) is 0 Å². The lowest BCUT2D eigenvalue weighted by Gasteiger charge is -2.29. The number of ether oxygens (including phenoxy) is 1. The van der Waals surface area contributed by atoms with E-state index in [2.05, 4.69) is 68.2 Å². The normalized spacial score (nSPS) is 16.7. The standard InChI is InChI=1S/C38H40N6O3/c1-25(2)34(43-38(46)47-3)37(45)44-21-11-18-33(44)36-39-23-30(41-36)17-10-9-14-27-19-20-29(22-31(27)26-12-5-4-6-13-26)32-24-40-35(42-32)28-15-7-8-16-28/h4-6,12-13,19-20,22-25,28,33-34H,7-8,11,15-16,18,21H2,1-3H3,(H,39,41)(H,40,42)(H,43,46)/t33-,34?/m0/s1. The first-order valence-electron chi connectivity index (χ1n) is 16.4. The van der Waals surface area contributed by atoms with Crippen molar-refractivity contribution in [3.8, 4) is 46.1 Å². The number of benzene rings is 2. The van der Waals surface area contributed by atoms with Gasteiger partial charge in [-0.3, -0.25) is 4.79 Å². The average molecular weight is 629 g/mol. The highest BCUT2D eigenvalue weighted by Gasteiger charge is 2.37. The summed E-state index contributed by atoms with van der Waals surface area (Å²) < 4.78 is 4.73. The van der Waals surface area contributed by atoms with Crippen LogP contribution >= 0.6 is 0 Å². The van der Waals surface area contributed by atoms with Gasteiger partial charge in [0.05, 0.1) is 31.2 Å². The van der Waals surface area contributed by atoms with Crippen LogP contribution < -0.4 is 5.32 Å². The van der Waals surface area contributed by atoms with Crippen molar-refractivity contribution in [3.63, 3.8) is 0 Å². The first-order valence-corrected chi connectivity index (χ1v) is 16.4. The minimum atomic E-state index is -0.684. The first kappa shape index (κ1) is 31.7. The fourth-order valence-electron chi connectivity index (χ4n) is 6.53. The molecule has 0 spiro atoms. The monoisotopic (exact) mass is 628 g/mol. The second kappa shape index (κ2) is 14.4. The van der Waals surface area contributed by atoms with Crippen LogP contribution in [0.5, 0.6) is 0 Å². The number of nitrogens with one attached hydrogen (secondary N) is 3. The quantitative estimate of drug-likeness (QED) is 0.200. The SMILES string of the molecule is COC(=O)NC(C(=O)N1CCC[C@H]1c1ncc(C#CC#Cc2ccc(-c3cnc(C4CCCC4)[nH]3)cc2-c2ccccc2)[nH]1)C(C)C. The topological polar surface area (TPSA) is 116 Å². The number of aromatic nitrogens is 4. The number of rotatable bonds is 7. The molecule has 2 aromatic carbocycles. The van der Waals surface area contributed by atoms with E-state index < -0.39 is 12.1 Å². The van der Waals surface area contributed by atoms with E-state index in [1.54, 1.807) is 11.1 Å². The second-order valence-electron chi connectivity index (χ2n) is 12.5. The van der Waals surface area contributed by atoms with Crippen molar-refractivity contribution in [1.29, 1.82) is 0 Å². The molecule has 1 saturated carbocycles. The maximum absolute atomic E-state index is 13.4. The van der Waals surface area contributed by atoms with E-state index in [0.29, 0.717) is 24.0 Å². The molecule has 3 heterocycles. The number of imidazole rings is 2. The van der Waals surface area contributed by atoms with Gasteiger partial charge in [0, 0.05) is 23.6 Å². The van der Waals surface area contributed by atoms with Crippen LogP contribution in [-0.4, -0.2) is 56.5 Å². The summed E-state index contributed by atoms with van der Waals surface area (Å²) in [7, 11) is 1.29. The van der Waals surface area contributed by atoms with Gasteiger partial charge in [0.1, 0.15) is 23.4 Å². The highest BCUT2D eigenvalue weighted by molar-refractivity contribution is 5.86. The van der Waals surface area contributed by atoms with E-state index in [9.17, 15) is 9.59 Å². The molecule has 1 aliphatic heterocycles. The van der Waals surface area contributed by atoms with Gasteiger partial charge in [-0.2, -0.15) is 0 Å². The molecule has 0 radical (unpaired) electrons. The molecule has 240 valence electrons. The van der Waals surface area contributed by atoms with E-state index in [4.69, 9.17) is 9.72 Å². The van der Waals surface area contributed by atoms with Crippen molar-refractivity contribution >= 4 is 12.0 Å². The Kier molecular flexibility index (Phi) is 9.73. The van der Waals surface area contributed by atoms with Gasteiger partial charge in [-0.15, -0.1) is 0 Å². The maximum atomic E-state index is 13.4. The van der Waals surface area contributed by atoms with Gasteiger partial charge in [0.25, 0.3) is 0 Å². The molecule has 2 aliphatic rings. The Morgan fingerprint density at radius 3 is 2.45 bits per heavy atom. The van der Waals surface area contributed by atoms with Crippen molar-refractivity contribution in [2.45, 2.75) is 70.4 Å². The van der Waals surface area contributed by atoms with Crippen LogP contribution in [0.15, 0.2) is 60.9 Å². The van der Waals surface area contributed by atoms with E-state index in [1.165, 1.54) is 32.8 Å². The minimum Gasteiger partial charge on any atom is -0.453 e. The number of alkyl carbamates (subject to hydrolysis) is 1. The van der Waals surface area contributed by atoms with E-state index in [-0.39, 0.29) is 17.9 Å². The van der Waals surface area contributed by atoms with Crippen LogP contribution in [-0.2, 0) is 9.53 Å². The van der Waals surface area contributed by atoms with Crippen LogP contribution in [0.25, 0.3) is 22.4 Å². The summed E-state index contributed by atoms with van der Waals surface area (Å²) in [5, 5.41) is 2.68. The van der Waals surface area contributed by atoms with Crippen molar-refractivity contribution in [2.24, 2.45) is 5.92 Å². The van der Waals surface area contributed by atoms with Gasteiger partial charge >= 0.3 is 6.09 Å². The molecule has 9 heteroatoms. The zero-order chi connectivity index (χ0) is 32.8. The van der Waals surface area contributed by atoms with Gasteiger partial charge in [0.2, 0.25) is 5.91 Å². The molecule has 3 N–H and O–H groups in total. The number of nitrogens with zero attached hydrogens (tertiary/aromatic N) is 3. The van der Waals surface area contributed by atoms with Crippen LogP contribution in [0.3, 0.4) is 0 Å². The first-order chi connectivity index (χ1) is 22.9. The van der Waals surface area contributed by atoms with Crippen molar-refractivity contribution in [2.75, 3.05) is 13.7 Å². The molecule has 6 rings (SSSR count). The van der Waals surface area contributed by atoms with Crippen LogP contribution in [0.2, 0.25) is 0 Å². The zero-order valence-corrected chi connectivity index (χ0v) is 27.1. The smallest absolute Gasteiger partial charge is 0.407 e. The van der Waals surface area contributed by atoms with Gasteiger partial charge in [-0.05, 0) is 72.6 Å². The molecular weight excluding hydrogens is 588 g/mol. The summed E-state index contributed by atoms with van der Waals surface area (Å²) in [6.45, 7) is 4.38. The number of methoxy groups -OCH3 is 1. The molecule has 2 aromatic heterocycles. The zero-order valence-electron chi connectivity index (χ0n) is 27.1. The lowest BCUT2D eigenvalue weighted by molar-refractivity contribution is -0.135. The molecule has 1 saturated heterocycles. The largest absolute Gasteiger partial charge is 0.453 e. The molecule has 1 unspecified atom stereocenters. The molecule has 0 bridgehead atoms. The summed E-state index contributed by atoms with van der Waals surface area (Å²) in [5.74, 6) is 14.4. The van der Waals surface area contributed by atoms with E-state index in [0.717, 1.165) is 46.6 Å². The molecule has 2 amide bonds. The second-order valence-corrected chi connectivity index (χ2v) is 12.5. The average Bonchev–Trinajstić information content (AvgIpc) is 3.92. The number of carbonyl (C=O) groups is 2. The Bertz CT molecular complexity index is 1850. The van der Waals surface area contributed by atoms with Crippen LogP contribution in [0.1, 0.15) is 87.2 Å². The Morgan fingerprint density at radius 2 is 1.68 bits per heavy atom. The third kappa shape index (κ3) is 7.26. The molecule has 2 fully saturated rings. The lowest BCUT2D eigenvalue weighted by atomic mass is 9.96. The molecule has 2 atom stereocenters. The summed E-state index contributed by atoms with van der Waals surface area (Å²) >= 11 is 0. The third-order valence-electron chi connectivity index (χ3n) is 9.05. The molecular formula is C38H40N6O3. The van der Waals surface area contributed by atoms with Gasteiger partial charge < -0.3 is 24.9 Å². The molecule has 47 heavy (non-hydrogen) atoms. The summed E-state index contributed by atoms with van der Waals surface area (Å²) in [5.41, 5.74) is 5.71. The summed E-state index contributed by atoms with van der Waals surface area (Å²) in [4.78, 5) is 43.2. The van der Waals surface area contributed by atoms with E-state index >= 15 is 0 Å². The predicted molar refractivity (Wildman–Crippen MR) is 181 cm³/mol. The van der Waals surface area contributed by atoms with Gasteiger partial charge in [-0.25, -0.2) is 14.8 Å². The number of H-pyrrole nitrogens is 2. The Labute approximate surface area is 275 Å². The Balaban J connectivity index is 1.19. The number of carbonyl (C=O) groups excluding carboxylic acids is 2. The maximum Gasteiger partial charge on any atom is 0.407 e. The van der Waals surface area contributed by atoms with Crippen molar-refractivity contribution in [3.05, 3.63) is 83.8 Å². The number of amides is 2. The fourth-order valence-corrected chi connectivity index (χ4v) is 6.53. The highest BCUT2D eigenvalue weighted by atomic mass is 16.5. The Morgan fingerprint density at radius 1 is 0.915 bits per heavy atom. The molecule has 9 nitrogen and oxygen atoms in total. The van der Waals surface area contributed by atoms with Gasteiger partial charge in [-0.1, -0.05) is 69.0 Å². The number of aromatic amines is 2. The van der Waals surface area contributed by atoms with Crippen LogP contribution in [0.4, 0.5) is 4.79 Å². The Hall–Kier alpha value is -5.28. The fraction of sp³-hybridized carbons (Fsp3) is 0.368. The predicted octanol–water partition coefficient (Wildman–Crippen LogP) is 6.57. The third-order valence-corrected chi connectivity index (χ3v) is 9.05. The summed E-state index contributed by atoms with van der Waals surface area (Å²) in [6.07, 6.45) is 9.55. The number of likely N-dealkylation sites (tertiary alicyclic amines) is 1.